The fourth-order valence-electron chi connectivity index (χ4n) is 6.15. The SMILES string of the molecule is CC/C=C\C/C=C\C/C=C\C/C=C\CCC(=O)NC(CO)C(O)/C=C/CC/C=C/CCCCCCCCCCCCCCCCCCCCCC. The largest absolute Gasteiger partial charge is 0.394 e. The van der Waals surface area contributed by atoms with Crippen molar-refractivity contribution < 1.29 is 15.0 Å². The Morgan fingerprint density at radius 1 is 0.490 bits per heavy atom. The number of hydrogen-bond acceptors (Lipinski definition) is 3. The Morgan fingerprint density at radius 3 is 1.35 bits per heavy atom. The van der Waals surface area contributed by atoms with Gasteiger partial charge in [-0.2, -0.15) is 0 Å². The van der Waals surface area contributed by atoms with Gasteiger partial charge in [0.25, 0.3) is 0 Å². The smallest absolute Gasteiger partial charge is 0.220 e. The van der Waals surface area contributed by atoms with E-state index in [0.29, 0.717) is 12.8 Å². The molecule has 0 aliphatic rings. The number of carbonyl (C=O) groups excluding carboxylic acids is 1. The second-order valence-electron chi connectivity index (χ2n) is 14.4. The first kappa shape index (κ1) is 48.8. The molecule has 0 aromatic heterocycles. The molecule has 0 spiro atoms. The summed E-state index contributed by atoms with van der Waals surface area (Å²) in [5, 5.41) is 22.9. The van der Waals surface area contributed by atoms with Crippen LogP contribution in [0.25, 0.3) is 0 Å². The van der Waals surface area contributed by atoms with Crippen molar-refractivity contribution in [2.75, 3.05) is 6.61 Å². The van der Waals surface area contributed by atoms with Crippen LogP contribution in [-0.2, 0) is 4.79 Å². The molecule has 4 heteroatoms. The van der Waals surface area contributed by atoms with Crippen molar-refractivity contribution in [1.82, 2.24) is 5.32 Å². The third-order valence-electron chi connectivity index (χ3n) is 9.44. The van der Waals surface area contributed by atoms with E-state index >= 15 is 0 Å². The zero-order valence-corrected chi connectivity index (χ0v) is 33.6. The van der Waals surface area contributed by atoms with Gasteiger partial charge in [0, 0.05) is 6.42 Å². The standard InChI is InChI=1S/C47H83NO3/c1-3-5-7-9-11-13-15-17-18-19-20-21-22-23-24-25-26-27-28-29-31-32-34-36-38-40-42-46(50)45(44-49)48-47(51)43-41-39-37-35-33-30-16-14-12-10-8-6-4-2/h6,8,12,14,30,32-34,37,39-40,42,45-46,49-50H,3-5,7,9-11,13,15-29,31,35-36,38,41,43-44H2,1-2H3,(H,48,51)/b8-6-,14-12-,33-30-,34-32+,39-37-,42-40+. The predicted octanol–water partition coefficient (Wildman–Crippen LogP) is 13.5. The van der Waals surface area contributed by atoms with E-state index < -0.39 is 12.1 Å². The first-order valence-electron chi connectivity index (χ1n) is 21.7. The van der Waals surface area contributed by atoms with Gasteiger partial charge in [-0.25, -0.2) is 0 Å². The molecular weight excluding hydrogens is 627 g/mol. The molecule has 2 atom stereocenters. The Labute approximate surface area is 317 Å². The van der Waals surface area contributed by atoms with Gasteiger partial charge in [0.05, 0.1) is 18.8 Å². The van der Waals surface area contributed by atoms with Crippen LogP contribution in [0.4, 0.5) is 0 Å². The predicted molar refractivity (Wildman–Crippen MR) is 225 cm³/mol. The molecule has 0 aromatic rings. The topological polar surface area (TPSA) is 69.6 Å². The van der Waals surface area contributed by atoms with E-state index in [-0.39, 0.29) is 12.5 Å². The molecule has 0 aliphatic carbocycles. The molecule has 51 heavy (non-hydrogen) atoms. The maximum absolute atomic E-state index is 12.3. The fraction of sp³-hybridized carbons (Fsp3) is 0.723. The van der Waals surface area contributed by atoms with Gasteiger partial charge in [-0.05, 0) is 57.8 Å². The molecule has 294 valence electrons. The lowest BCUT2D eigenvalue weighted by molar-refractivity contribution is -0.122. The molecule has 0 heterocycles. The summed E-state index contributed by atoms with van der Waals surface area (Å²) < 4.78 is 0. The van der Waals surface area contributed by atoms with E-state index in [1.807, 2.05) is 12.2 Å². The van der Waals surface area contributed by atoms with Gasteiger partial charge in [0.2, 0.25) is 5.91 Å². The van der Waals surface area contributed by atoms with Gasteiger partial charge in [-0.15, -0.1) is 0 Å². The highest BCUT2D eigenvalue weighted by molar-refractivity contribution is 5.76. The molecule has 1 amide bonds. The number of amides is 1. The second-order valence-corrected chi connectivity index (χ2v) is 14.4. The monoisotopic (exact) mass is 710 g/mol. The van der Waals surface area contributed by atoms with Crippen LogP contribution in [-0.4, -0.2) is 34.9 Å². The first-order chi connectivity index (χ1) is 25.2. The van der Waals surface area contributed by atoms with Crippen molar-refractivity contribution in [3.05, 3.63) is 72.9 Å². The second kappa shape index (κ2) is 42.2. The summed E-state index contributed by atoms with van der Waals surface area (Å²) in [7, 11) is 0. The number of allylic oxidation sites excluding steroid dienone is 11. The van der Waals surface area contributed by atoms with E-state index in [9.17, 15) is 15.0 Å². The van der Waals surface area contributed by atoms with E-state index in [2.05, 4.69) is 73.8 Å². The summed E-state index contributed by atoms with van der Waals surface area (Å²) in [4.78, 5) is 12.3. The first-order valence-corrected chi connectivity index (χ1v) is 21.7. The Bertz CT molecular complexity index is 899. The molecule has 0 aromatic carbocycles. The summed E-state index contributed by atoms with van der Waals surface area (Å²) in [6.07, 6.45) is 60.4. The highest BCUT2D eigenvalue weighted by Gasteiger charge is 2.17. The van der Waals surface area contributed by atoms with E-state index in [4.69, 9.17) is 0 Å². The van der Waals surface area contributed by atoms with Crippen molar-refractivity contribution in [2.45, 2.75) is 212 Å². The van der Waals surface area contributed by atoms with Crippen LogP contribution in [0.15, 0.2) is 72.9 Å². The number of aliphatic hydroxyl groups is 2. The van der Waals surface area contributed by atoms with Gasteiger partial charge in [-0.3, -0.25) is 4.79 Å². The van der Waals surface area contributed by atoms with Crippen molar-refractivity contribution in [1.29, 1.82) is 0 Å². The highest BCUT2D eigenvalue weighted by Crippen LogP contribution is 2.15. The van der Waals surface area contributed by atoms with Crippen molar-refractivity contribution >= 4 is 5.91 Å². The number of unbranched alkanes of at least 4 members (excludes halogenated alkanes) is 21. The van der Waals surface area contributed by atoms with Crippen LogP contribution in [0.1, 0.15) is 200 Å². The number of rotatable bonds is 38. The van der Waals surface area contributed by atoms with Gasteiger partial charge < -0.3 is 15.5 Å². The summed E-state index contributed by atoms with van der Waals surface area (Å²) in [5.41, 5.74) is 0. The van der Waals surface area contributed by atoms with Gasteiger partial charge >= 0.3 is 0 Å². The molecule has 0 rings (SSSR count). The van der Waals surface area contributed by atoms with E-state index in [1.54, 1.807) is 6.08 Å². The third-order valence-corrected chi connectivity index (χ3v) is 9.44. The summed E-state index contributed by atoms with van der Waals surface area (Å²) in [6.45, 7) is 4.14. The van der Waals surface area contributed by atoms with Crippen LogP contribution in [0.5, 0.6) is 0 Å². The Hall–Kier alpha value is -2.17. The van der Waals surface area contributed by atoms with Crippen LogP contribution in [0, 0.1) is 0 Å². The molecule has 0 bridgehead atoms. The third kappa shape index (κ3) is 38.9. The molecule has 0 saturated heterocycles. The van der Waals surface area contributed by atoms with Gasteiger partial charge in [-0.1, -0.05) is 209 Å². The zero-order chi connectivity index (χ0) is 37.1. The Kier molecular flexibility index (Phi) is 40.4. The average molecular weight is 710 g/mol. The minimum Gasteiger partial charge on any atom is -0.394 e. The fourth-order valence-corrected chi connectivity index (χ4v) is 6.15. The summed E-state index contributed by atoms with van der Waals surface area (Å²) in [5.74, 6) is -0.156. The number of nitrogens with one attached hydrogen (secondary N) is 1. The number of aliphatic hydroxyl groups excluding tert-OH is 2. The van der Waals surface area contributed by atoms with E-state index in [0.717, 1.165) is 44.9 Å². The molecule has 2 unspecified atom stereocenters. The molecule has 0 aliphatic heterocycles. The molecule has 0 radical (unpaired) electrons. The average Bonchev–Trinajstić information content (AvgIpc) is 3.13. The molecule has 4 nitrogen and oxygen atoms in total. The maximum atomic E-state index is 12.3. The Balaban J connectivity index is 3.64. The maximum Gasteiger partial charge on any atom is 0.220 e. The summed E-state index contributed by atoms with van der Waals surface area (Å²) in [6, 6.07) is -0.680. The molecule has 0 fully saturated rings. The Morgan fingerprint density at radius 2 is 0.882 bits per heavy atom. The zero-order valence-electron chi connectivity index (χ0n) is 33.6. The van der Waals surface area contributed by atoms with Crippen molar-refractivity contribution in [3.63, 3.8) is 0 Å². The van der Waals surface area contributed by atoms with Gasteiger partial charge in [0.15, 0.2) is 0 Å². The number of carbonyl (C=O) groups is 1. The lowest BCUT2D eigenvalue weighted by Crippen LogP contribution is -2.45. The van der Waals surface area contributed by atoms with Gasteiger partial charge in [0.1, 0.15) is 0 Å². The van der Waals surface area contributed by atoms with Crippen LogP contribution >= 0.6 is 0 Å². The van der Waals surface area contributed by atoms with Crippen molar-refractivity contribution in [2.24, 2.45) is 0 Å². The lowest BCUT2D eigenvalue weighted by atomic mass is 10.0. The minimum atomic E-state index is -0.894. The molecular formula is C47H83NO3. The van der Waals surface area contributed by atoms with Crippen LogP contribution in [0.2, 0.25) is 0 Å². The van der Waals surface area contributed by atoms with E-state index in [1.165, 1.54) is 128 Å². The van der Waals surface area contributed by atoms with Crippen molar-refractivity contribution in [3.8, 4) is 0 Å². The van der Waals surface area contributed by atoms with Crippen LogP contribution < -0.4 is 5.32 Å². The highest BCUT2D eigenvalue weighted by atomic mass is 16.3. The molecule has 0 saturated carbocycles. The molecule has 3 N–H and O–H groups in total. The number of hydrogen-bond donors (Lipinski definition) is 3. The summed E-state index contributed by atoms with van der Waals surface area (Å²) >= 11 is 0. The van der Waals surface area contributed by atoms with Crippen LogP contribution in [0.3, 0.4) is 0 Å². The quantitative estimate of drug-likeness (QED) is 0.0441. The minimum absolute atomic E-state index is 0.156. The normalized spacial score (nSPS) is 13.7. The lowest BCUT2D eigenvalue weighted by Gasteiger charge is -2.19.